The summed E-state index contributed by atoms with van der Waals surface area (Å²) in [6, 6.07) is 10.1. The van der Waals surface area contributed by atoms with Crippen LogP contribution >= 0.6 is 0 Å². The van der Waals surface area contributed by atoms with Crippen molar-refractivity contribution in [1.29, 1.82) is 0 Å². The van der Waals surface area contributed by atoms with Crippen molar-refractivity contribution in [3.8, 4) is 0 Å². The Morgan fingerprint density at radius 2 is 2.00 bits per heavy atom. The number of hydrogen-bond acceptors (Lipinski definition) is 3. The zero-order valence-electron chi connectivity index (χ0n) is 13.8. The molecule has 0 radical (unpaired) electrons. The van der Waals surface area contributed by atoms with Gasteiger partial charge < -0.3 is 10.4 Å². The van der Waals surface area contributed by atoms with Gasteiger partial charge in [0.15, 0.2) is 5.82 Å². The lowest BCUT2D eigenvalue weighted by molar-refractivity contribution is -0.137. The number of anilines is 1. The molecule has 1 aromatic heterocycles. The van der Waals surface area contributed by atoms with Crippen LogP contribution in [-0.2, 0) is 16.1 Å². The van der Waals surface area contributed by atoms with E-state index in [0.717, 1.165) is 6.42 Å². The molecule has 1 amide bonds. The molecule has 0 saturated heterocycles. The summed E-state index contributed by atoms with van der Waals surface area (Å²) in [6.07, 6.45) is 2.38. The van der Waals surface area contributed by atoms with E-state index in [1.54, 1.807) is 12.3 Å². The van der Waals surface area contributed by atoms with Crippen LogP contribution in [0.25, 0.3) is 0 Å². The number of benzene rings is 1. The van der Waals surface area contributed by atoms with Crippen LogP contribution in [0.1, 0.15) is 43.2 Å². The minimum Gasteiger partial charge on any atom is -0.480 e. The Morgan fingerprint density at radius 1 is 1.29 bits per heavy atom. The monoisotopic (exact) mass is 327 g/mol. The molecule has 1 heterocycles. The second-order valence-electron chi connectivity index (χ2n) is 6.55. The van der Waals surface area contributed by atoms with Gasteiger partial charge in [0.05, 0.1) is 0 Å². The summed E-state index contributed by atoms with van der Waals surface area (Å²) in [5, 5.41) is 15.5. The smallest absolute Gasteiger partial charge is 0.325 e. The van der Waals surface area contributed by atoms with E-state index in [1.807, 2.05) is 0 Å². The van der Waals surface area contributed by atoms with Gasteiger partial charge in [-0.2, -0.15) is 5.10 Å². The molecule has 0 aliphatic heterocycles. The average Bonchev–Trinajstić information content (AvgIpc) is 3.23. The summed E-state index contributed by atoms with van der Waals surface area (Å²) in [4.78, 5) is 22.9. The number of hydrogen-bond donors (Lipinski definition) is 2. The lowest BCUT2D eigenvalue weighted by atomic mass is 10.00. The molecule has 2 unspecified atom stereocenters. The van der Waals surface area contributed by atoms with Gasteiger partial charge in [0.25, 0.3) is 0 Å². The van der Waals surface area contributed by atoms with Gasteiger partial charge in [-0.25, -0.2) is 0 Å². The fourth-order valence-electron chi connectivity index (χ4n) is 2.86. The Labute approximate surface area is 140 Å². The summed E-state index contributed by atoms with van der Waals surface area (Å²) >= 11 is 0. The third-order valence-corrected chi connectivity index (χ3v) is 4.35. The van der Waals surface area contributed by atoms with E-state index in [1.165, 1.54) is 15.8 Å². The van der Waals surface area contributed by atoms with E-state index in [9.17, 15) is 9.59 Å². The molecule has 3 rings (SSSR count). The highest BCUT2D eigenvalue weighted by Gasteiger charge is 2.44. The van der Waals surface area contributed by atoms with Gasteiger partial charge in [-0.1, -0.05) is 38.1 Å². The maximum absolute atomic E-state index is 12.3. The van der Waals surface area contributed by atoms with E-state index in [2.05, 4.69) is 48.5 Å². The second-order valence-corrected chi connectivity index (χ2v) is 6.55. The highest BCUT2D eigenvalue weighted by Crippen LogP contribution is 2.48. The van der Waals surface area contributed by atoms with Crippen LogP contribution in [0.2, 0.25) is 0 Å². The van der Waals surface area contributed by atoms with E-state index in [-0.39, 0.29) is 24.3 Å². The minimum absolute atomic E-state index is 0.0421. The maximum Gasteiger partial charge on any atom is 0.325 e. The minimum atomic E-state index is -0.969. The number of amides is 1. The van der Waals surface area contributed by atoms with Gasteiger partial charge in [0.1, 0.15) is 6.54 Å². The van der Waals surface area contributed by atoms with Gasteiger partial charge in [-0.15, -0.1) is 0 Å². The molecular formula is C18H21N3O3. The predicted octanol–water partition coefficient (Wildman–Crippen LogP) is 2.83. The fourth-order valence-corrected chi connectivity index (χ4v) is 2.86. The lowest BCUT2D eigenvalue weighted by Crippen LogP contribution is -2.16. The molecule has 0 bridgehead atoms. The van der Waals surface area contributed by atoms with Crippen molar-refractivity contribution in [1.82, 2.24) is 9.78 Å². The van der Waals surface area contributed by atoms with Crippen molar-refractivity contribution in [3.63, 3.8) is 0 Å². The maximum atomic E-state index is 12.3. The zero-order chi connectivity index (χ0) is 17.3. The number of rotatable bonds is 6. The molecule has 6 heteroatoms. The molecular weight excluding hydrogens is 306 g/mol. The van der Waals surface area contributed by atoms with Gasteiger partial charge in [-0.3, -0.25) is 14.3 Å². The van der Waals surface area contributed by atoms with Crippen LogP contribution in [0.15, 0.2) is 36.5 Å². The molecule has 1 saturated carbocycles. The number of carboxylic acids is 1. The van der Waals surface area contributed by atoms with Crippen molar-refractivity contribution >= 4 is 17.7 Å². The molecule has 1 aliphatic rings. The Bertz CT molecular complexity index is 749. The molecule has 24 heavy (non-hydrogen) atoms. The number of carboxylic acid groups (broad SMARTS) is 1. The van der Waals surface area contributed by atoms with Crippen LogP contribution < -0.4 is 5.32 Å². The number of nitrogens with zero attached hydrogens (tertiary/aromatic N) is 2. The zero-order valence-corrected chi connectivity index (χ0v) is 13.8. The molecule has 126 valence electrons. The first-order valence-electron chi connectivity index (χ1n) is 8.10. The van der Waals surface area contributed by atoms with Crippen LogP contribution in [0.4, 0.5) is 5.82 Å². The predicted molar refractivity (Wildman–Crippen MR) is 89.9 cm³/mol. The summed E-state index contributed by atoms with van der Waals surface area (Å²) in [6.45, 7) is 4.10. The standard InChI is InChI=1S/C18H21N3O3/c1-11(2)12-3-5-13(6-4-12)14-9-15(14)18(24)19-16-7-8-21(20-16)10-17(22)23/h3-8,11,14-15H,9-10H2,1-2H3,(H,22,23)(H,19,20,24). The van der Waals surface area contributed by atoms with Gasteiger partial charge in [0.2, 0.25) is 5.91 Å². The van der Waals surface area contributed by atoms with Gasteiger partial charge >= 0.3 is 5.97 Å². The molecule has 2 N–H and O–H groups in total. The summed E-state index contributed by atoms with van der Waals surface area (Å²) in [5.74, 6) is 0.0729. The van der Waals surface area contributed by atoms with Gasteiger partial charge in [0, 0.05) is 18.2 Å². The Balaban J connectivity index is 1.57. The average molecular weight is 327 g/mol. The SMILES string of the molecule is CC(C)c1ccc(C2CC2C(=O)Nc2ccn(CC(=O)O)n2)cc1. The second kappa shape index (κ2) is 6.47. The molecule has 1 fully saturated rings. The Hall–Kier alpha value is -2.63. The van der Waals surface area contributed by atoms with Crippen LogP contribution in [0.3, 0.4) is 0 Å². The third-order valence-electron chi connectivity index (χ3n) is 4.35. The first-order chi connectivity index (χ1) is 11.4. The highest BCUT2D eigenvalue weighted by molar-refractivity contribution is 5.94. The van der Waals surface area contributed by atoms with Crippen molar-refractivity contribution in [2.75, 3.05) is 5.32 Å². The normalized spacial score (nSPS) is 19.3. The summed E-state index contributed by atoms with van der Waals surface area (Å²) in [5.41, 5.74) is 2.49. The lowest BCUT2D eigenvalue weighted by Gasteiger charge is -2.07. The van der Waals surface area contributed by atoms with E-state index < -0.39 is 5.97 Å². The Kier molecular flexibility index (Phi) is 4.38. The van der Waals surface area contributed by atoms with Crippen LogP contribution in [0, 0.1) is 5.92 Å². The number of carbonyl (C=O) groups is 2. The van der Waals surface area contributed by atoms with E-state index >= 15 is 0 Å². The van der Waals surface area contributed by atoms with Gasteiger partial charge in [-0.05, 0) is 29.4 Å². The summed E-state index contributed by atoms with van der Waals surface area (Å²) < 4.78 is 1.28. The molecule has 1 aliphatic carbocycles. The van der Waals surface area contributed by atoms with Crippen molar-refractivity contribution in [2.45, 2.75) is 38.6 Å². The molecule has 2 atom stereocenters. The largest absolute Gasteiger partial charge is 0.480 e. The number of carbonyl (C=O) groups excluding carboxylic acids is 1. The van der Waals surface area contributed by atoms with Crippen LogP contribution in [0.5, 0.6) is 0 Å². The summed E-state index contributed by atoms with van der Waals surface area (Å²) in [7, 11) is 0. The van der Waals surface area contributed by atoms with Crippen molar-refractivity contribution < 1.29 is 14.7 Å². The van der Waals surface area contributed by atoms with Crippen molar-refractivity contribution in [2.24, 2.45) is 5.92 Å². The topological polar surface area (TPSA) is 84.2 Å². The van der Waals surface area contributed by atoms with Crippen molar-refractivity contribution in [3.05, 3.63) is 47.7 Å². The highest BCUT2D eigenvalue weighted by atomic mass is 16.4. The Morgan fingerprint density at radius 3 is 2.62 bits per heavy atom. The quantitative estimate of drug-likeness (QED) is 0.854. The first-order valence-corrected chi connectivity index (χ1v) is 8.10. The van der Waals surface area contributed by atoms with E-state index in [0.29, 0.717) is 11.7 Å². The molecule has 6 nitrogen and oxygen atoms in total. The van der Waals surface area contributed by atoms with E-state index in [4.69, 9.17) is 5.11 Å². The van der Waals surface area contributed by atoms with Crippen LogP contribution in [-0.4, -0.2) is 26.8 Å². The number of aliphatic carboxylic acids is 1. The molecule has 1 aromatic carbocycles. The number of aromatic nitrogens is 2. The first kappa shape index (κ1) is 16.2. The fraction of sp³-hybridized carbons (Fsp3) is 0.389. The molecule has 0 spiro atoms. The number of nitrogens with one attached hydrogen (secondary N) is 1. The molecule has 2 aromatic rings. The third kappa shape index (κ3) is 3.64.